The van der Waals surface area contributed by atoms with Gasteiger partial charge >= 0.3 is 0 Å². The Morgan fingerprint density at radius 2 is 2.05 bits per heavy atom. The Balaban J connectivity index is 1.63. The number of halogens is 1. The summed E-state index contributed by atoms with van der Waals surface area (Å²) in [5.74, 6) is -0.356. The van der Waals surface area contributed by atoms with Crippen LogP contribution in [0.15, 0.2) is 54.7 Å². The lowest BCUT2D eigenvalue weighted by Gasteiger charge is -2.07. The van der Waals surface area contributed by atoms with Gasteiger partial charge in [0, 0.05) is 18.8 Å². The molecular weight excluding hydrogens is 283 g/mol. The maximum absolute atomic E-state index is 13.3. The molecule has 1 aromatic carbocycles. The summed E-state index contributed by atoms with van der Waals surface area (Å²) in [6.07, 6.45) is 5.33. The standard InChI is InChI=1S/C17H17FN2O2/c18-15-7-1-2-8-16(15)22-13-5-12-20-17(21)10-9-14-6-3-4-11-19-14/h1-4,6-11H,5,12-13H2,(H,20,21)/b10-9-. The molecule has 0 unspecified atom stereocenters. The highest BCUT2D eigenvalue weighted by atomic mass is 19.1. The number of ether oxygens (including phenoxy) is 1. The van der Waals surface area contributed by atoms with E-state index in [-0.39, 0.29) is 17.5 Å². The van der Waals surface area contributed by atoms with Crippen molar-refractivity contribution >= 4 is 12.0 Å². The number of hydrogen-bond acceptors (Lipinski definition) is 3. The number of aromatic nitrogens is 1. The van der Waals surface area contributed by atoms with Crippen LogP contribution in [-0.4, -0.2) is 24.0 Å². The molecule has 1 N–H and O–H groups in total. The predicted octanol–water partition coefficient (Wildman–Crippen LogP) is 2.82. The maximum atomic E-state index is 13.3. The molecular formula is C17H17FN2O2. The highest BCUT2D eigenvalue weighted by Crippen LogP contribution is 2.15. The number of para-hydroxylation sites is 1. The Bertz CT molecular complexity index is 630. The van der Waals surface area contributed by atoms with Gasteiger partial charge in [-0.2, -0.15) is 0 Å². The molecule has 114 valence electrons. The predicted molar refractivity (Wildman–Crippen MR) is 82.8 cm³/mol. The van der Waals surface area contributed by atoms with Crippen LogP contribution in [0.4, 0.5) is 4.39 Å². The van der Waals surface area contributed by atoms with E-state index in [0.29, 0.717) is 19.6 Å². The third kappa shape index (κ3) is 5.36. The zero-order chi connectivity index (χ0) is 15.6. The lowest BCUT2D eigenvalue weighted by atomic mass is 10.3. The molecule has 0 fully saturated rings. The van der Waals surface area contributed by atoms with Gasteiger partial charge in [-0.1, -0.05) is 18.2 Å². The Kier molecular flexibility index (Phi) is 6.11. The van der Waals surface area contributed by atoms with Crippen molar-refractivity contribution in [3.05, 3.63) is 66.2 Å². The van der Waals surface area contributed by atoms with E-state index >= 15 is 0 Å². The summed E-state index contributed by atoms with van der Waals surface area (Å²) in [4.78, 5) is 15.7. The van der Waals surface area contributed by atoms with Crippen LogP contribution < -0.4 is 10.1 Å². The van der Waals surface area contributed by atoms with Crippen molar-refractivity contribution < 1.29 is 13.9 Å². The third-order valence-electron chi connectivity index (χ3n) is 2.81. The van der Waals surface area contributed by atoms with Crippen molar-refractivity contribution in [3.8, 4) is 5.75 Å². The quantitative estimate of drug-likeness (QED) is 0.632. The molecule has 5 heteroatoms. The first-order valence-corrected chi connectivity index (χ1v) is 7.00. The Morgan fingerprint density at radius 3 is 2.82 bits per heavy atom. The summed E-state index contributed by atoms with van der Waals surface area (Å²) in [6.45, 7) is 0.797. The molecule has 2 rings (SSSR count). The SMILES string of the molecule is O=C(/C=C\c1ccccn1)NCCCOc1ccccc1F. The van der Waals surface area contributed by atoms with Gasteiger partial charge in [-0.25, -0.2) is 4.39 Å². The number of hydrogen-bond donors (Lipinski definition) is 1. The summed E-state index contributed by atoms with van der Waals surface area (Å²) in [5.41, 5.74) is 0.723. The van der Waals surface area contributed by atoms with Crippen molar-refractivity contribution in [2.24, 2.45) is 0 Å². The highest BCUT2D eigenvalue weighted by molar-refractivity contribution is 5.91. The normalized spacial score (nSPS) is 10.6. The van der Waals surface area contributed by atoms with Crippen LogP contribution in [0.5, 0.6) is 5.75 Å². The molecule has 1 heterocycles. The fraction of sp³-hybridized carbons (Fsp3) is 0.176. The van der Waals surface area contributed by atoms with E-state index in [1.54, 1.807) is 30.5 Å². The lowest BCUT2D eigenvalue weighted by molar-refractivity contribution is -0.116. The van der Waals surface area contributed by atoms with Gasteiger partial charge in [-0.3, -0.25) is 9.78 Å². The molecule has 4 nitrogen and oxygen atoms in total. The number of nitrogens with zero attached hydrogens (tertiary/aromatic N) is 1. The summed E-state index contributed by atoms with van der Waals surface area (Å²) >= 11 is 0. The molecule has 1 aromatic heterocycles. The Hall–Kier alpha value is -2.69. The van der Waals surface area contributed by atoms with Crippen molar-refractivity contribution in [1.82, 2.24) is 10.3 Å². The van der Waals surface area contributed by atoms with Gasteiger partial charge in [-0.15, -0.1) is 0 Å². The number of nitrogens with one attached hydrogen (secondary N) is 1. The summed E-state index contributed by atoms with van der Waals surface area (Å²) in [5, 5.41) is 2.73. The molecule has 0 aliphatic rings. The van der Waals surface area contributed by atoms with Crippen molar-refractivity contribution in [1.29, 1.82) is 0 Å². The van der Waals surface area contributed by atoms with Gasteiger partial charge in [0.25, 0.3) is 0 Å². The average molecular weight is 300 g/mol. The monoisotopic (exact) mass is 300 g/mol. The maximum Gasteiger partial charge on any atom is 0.244 e. The van der Waals surface area contributed by atoms with Gasteiger partial charge < -0.3 is 10.1 Å². The number of amides is 1. The molecule has 0 radical (unpaired) electrons. The number of carbonyl (C=O) groups excluding carboxylic acids is 1. The second kappa shape index (κ2) is 8.56. The summed E-state index contributed by atoms with van der Waals surface area (Å²) in [7, 11) is 0. The van der Waals surface area contributed by atoms with E-state index in [0.717, 1.165) is 5.69 Å². The molecule has 2 aromatic rings. The lowest BCUT2D eigenvalue weighted by Crippen LogP contribution is -2.23. The topological polar surface area (TPSA) is 51.2 Å². The van der Waals surface area contributed by atoms with Gasteiger partial charge in [0.15, 0.2) is 11.6 Å². The minimum Gasteiger partial charge on any atom is -0.490 e. The van der Waals surface area contributed by atoms with Gasteiger partial charge in [0.2, 0.25) is 5.91 Å². The largest absolute Gasteiger partial charge is 0.490 e. The zero-order valence-corrected chi connectivity index (χ0v) is 12.0. The number of carbonyl (C=O) groups is 1. The third-order valence-corrected chi connectivity index (χ3v) is 2.81. The van der Waals surface area contributed by atoms with Crippen LogP contribution in [0, 0.1) is 5.82 Å². The van der Waals surface area contributed by atoms with Crippen LogP contribution in [0.3, 0.4) is 0 Å². The molecule has 0 atom stereocenters. The van der Waals surface area contributed by atoms with Crippen LogP contribution in [-0.2, 0) is 4.79 Å². The van der Waals surface area contributed by atoms with E-state index in [1.807, 2.05) is 18.2 Å². The Labute approximate surface area is 128 Å². The molecule has 0 spiro atoms. The van der Waals surface area contributed by atoms with E-state index < -0.39 is 0 Å². The van der Waals surface area contributed by atoms with E-state index in [1.165, 1.54) is 12.1 Å². The van der Waals surface area contributed by atoms with E-state index in [2.05, 4.69) is 10.3 Å². The van der Waals surface area contributed by atoms with Crippen LogP contribution in [0.1, 0.15) is 12.1 Å². The first-order valence-electron chi connectivity index (χ1n) is 7.00. The minimum atomic E-state index is -0.384. The van der Waals surface area contributed by atoms with E-state index in [4.69, 9.17) is 4.74 Å². The molecule has 0 aliphatic carbocycles. The zero-order valence-electron chi connectivity index (χ0n) is 12.0. The minimum absolute atomic E-state index is 0.198. The smallest absolute Gasteiger partial charge is 0.244 e. The van der Waals surface area contributed by atoms with E-state index in [9.17, 15) is 9.18 Å². The molecule has 0 saturated carbocycles. The number of rotatable bonds is 7. The summed E-state index contributed by atoms with van der Waals surface area (Å²) < 4.78 is 18.6. The second-order valence-corrected chi connectivity index (χ2v) is 4.51. The highest BCUT2D eigenvalue weighted by Gasteiger charge is 2.01. The first kappa shape index (κ1) is 15.7. The van der Waals surface area contributed by atoms with Crippen molar-refractivity contribution in [2.75, 3.05) is 13.2 Å². The summed E-state index contributed by atoms with van der Waals surface area (Å²) in [6, 6.07) is 11.7. The fourth-order valence-electron chi connectivity index (χ4n) is 1.72. The van der Waals surface area contributed by atoms with Crippen LogP contribution in [0.2, 0.25) is 0 Å². The number of pyridine rings is 1. The van der Waals surface area contributed by atoms with Crippen molar-refractivity contribution in [3.63, 3.8) is 0 Å². The number of benzene rings is 1. The second-order valence-electron chi connectivity index (χ2n) is 4.51. The molecule has 0 saturated heterocycles. The van der Waals surface area contributed by atoms with Crippen LogP contribution in [0.25, 0.3) is 6.08 Å². The average Bonchev–Trinajstić information content (AvgIpc) is 2.55. The fourth-order valence-corrected chi connectivity index (χ4v) is 1.72. The van der Waals surface area contributed by atoms with Crippen LogP contribution >= 0.6 is 0 Å². The van der Waals surface area contributed by atoms with Crippen molar-refractivity contribution in [2.45, 2.75) is 6.42 Å². The Morgan fingerprint density at radius 1 is 1.23 bits per heavy atom. The molecule has 22 heavy (non-hydrogen) atoms. The molecule has 0 aliphatic heterocycles. The molecule has 1 amide bonds. The van der Waals surface area contributed by atoms with Gasteiger partial charge in [-0.05, 0) is 36.8 Å². The molecule has 0 bridgehead atoms. The van der Waals surface area contributed by atoms with Gasteiger partial charge in [0.05, 0.1) is 12.3 Å². The first-order chi connectivity index (χ1) is 10.8. The van der Waals surface area contributed by atoms with Gasteiger partial charge in [0.1, 0.15) is 0 Å².